The van der Waals surface area contributed by atoms with Crippen LogP contribution in [0.4, 0.5) is 10.5 Å². The van der Waals surface area contributed by atoms with Crippen molar-refractivity contribution in [1.29, 1.82) is 0 Å². The highest BCUT2D eigenvalue weighted by molar-refractivity contribution is 6.33. The molecule has 0 aliphatic heterocycles. The molecule has 2 amide bonds. The third-order valence-corrected chi connectivity index (χ3v) is 6.30. The molecule has 0 aliphatic carbocycles. The zero-order valence-electron chi connectivity index (χ0n) is 18.3. The standard InChI is InChI=1S/C26H23Cl2N3O2/c1-16-11-12-17(2)24-20(16)13-19(25(32)30-24)15-31(14-18-7-3-4-8-21(18)27)26(33)29-23-10-6-5-9-22(23)28/h3-13H,14-15H2,1-2H3,(H,29,33)(H,30,32). The van der Waals surface area contributed by atoms with Gasteiger partial charge in [0.05, 0.1) is 22.8 Å². The van der Waals surface area contributed by atoms with Gasteiger partial charge in [-0.1, -0.05) is 65.7 Å². The summed E-state index contributed by atoms with van der Waals surface area (Å²) in [6, 6.07) is 19.8. The Balaban J connectivity index is 1.72. The summed E-state index contributed by atoms with van der Waals surface area (Å²) in [5.74, 6) is 0. The number of hydrogen-bond donors (Lipinski definition) is 2. The zero-order valence-corrected chi connectivity index (χ0v) is 19.8. The van der Waals surface area contributed by atoms with Gasteiger partial charge >= 0.3 is 6.03 Å². The fourth-order valence-corrected chi connectivity index (χ4v) is 4.11. The van der Waals surface area contributed by atoms with Gasteiger partial charge in [-0.05, 0) is 54.8 Å². The van der Waals surface area contributed by atoms with Crippen LogP contribution in [-0.4, -0.2) is 15.9 Å². The van der Waals surface area contributed by atoms with Crippen molar-refractivity contribution in [3.63, 3.8) is 0 Å². The Kier molecular flexibility index (Phi) is 6.72. The smallest absolute Gasteiger partial charge is 0.321 e. The molecule has 0 radical (unpaired) electrons. The highest BCUT2D eigenvalue weighted by Crippen LogP contribution is 2.24. The van der Waals surface area contributed by atoms with E-state index in [2.05, 4.69) is 10.3 Å². The number of halogens is 2. The first-order valence-corrected chi connectivity index (χ1v) is 11.2. The molecule has 1 heterocycles. The zero-order chi connectivity index (χ0) is 23.5. The van der Waals surface area contributed by atoms with E-state index in [1.54, 1.807) is 35.2 Å². The molecule has 4 aromatic rings. The quantitative estimate of drug-likeness (QED) is 0.334. The predicted molar refractivity (Wildman–Crippen MR) is 135 cm³/mol. The van der Waals surface area contributed by atoms with Crippen LogP contribution in [0.2, 0.25) is 10.0 Å². The van der Waals surface area contributed by atoms with E-state index in [9.17, 15) is 9.59 Å². The van der Waals surface area contributed by atoms with E-state index in [4.69, 9.17) is 23.2 Å². The van der Waals surface area contributed by atoms with E-state index < -0.39 is 0 Å². The van der Waals surface area contributed by atoms with Gasteiger partial charge in [0.1, 0.15) is 0 Å². The second-order valence-electron chi connectivity index (χ2n) is 7.97. The highest BCUT2D eigenvalue weighted by atomic mass is 35.5. The van der Waals surface area contributed by atoms with Crippen molar-refractivity contribution >= 4 is 45.8 Å². The van der Waals surface area contributed by atoms with Crippen LogP contribution in [0.5, 0.6) is 0 Å². The number of amides is 2. The molecule has 0 saturated carbocycles. The molecule has 7 heteroatoms. The molecule has 0 fully saturated rings. The van der Waals surface area contributed by atoms with Crippen molar-refractivity contribution < 1.29 is 4.79 Å². The van der Waals surface area contributed by atoms with Crippen LogP contribution in [-0.2, 0) is 13.1 Å². The van der Waals surface area contributed by atoms with Crippen LogP contribution < -0.4 is 10.9 Å². The van der Waals surface area contributed by atoms with Crippen molar-refractivity contribution in [2.45, 2.75) is 26.9 Å². The molecule has 0 spiro atoms. The Morgan fingerprint density at radius 1 is 0.879 bits per heavy atom. The summed E-state index contributed by atoms with van der Waals surface area (Å²) in [5.41, 5.74) is 4.37. The Morgan fingerprint density at radius 2 is 1.52 bits per heavy atom. The summed E-state index contributed by atoms with van der Waals surface area (Å²) in [7, 11) is 0. The minimum Gasteiger partial charge on any atom is -0.321 e. The molecule has 4 rings (SSSR count). The number of nitrogens with one attached hydrogen (secondary N) is 2. The van der Waals surface area contributed by atoms with Crippen LogP contribution >= 0.6 is 23.2 Å². The maximum absolute atomic E-state index is 13.3. The van der Waals surface area contributed by atoms with E-state index in [1.165, 1.54) is 0 Å². The molecule has 0 aliphatic rings. The Labute approximate surface area is 202 Å². The lowest BCUT2D eigenvalue weighted by Gasteiger charge is -2.24. The van der Waals surface area contributed by atoms with Crippen LogP contribution in [0.1, 0.15) is 22.3 Å². The van der Waals surface area contributed by atoms with Crippen molar-refractivity contribution in [2.24, 2.45) is 0 Å². The number of aromatic amines is 1. The Bertz CT molecular complexity index is 1400. The number of urea groups is 1. The fourth-order valence-electron chi connectivity index (χ4n) is 3.73. The lowest BCUT2D eigenvalue weighted by atomic mass is 10.0. The summed E-state index contributed by atoms with van der Waals surface area (Å²) < 4.78 is 0. The van der Waals surface area contributed by atoms with Crippen molar-refractivity contribution in [3.05, 3.63) is 109 Å². The SMILES string of the molecule is Cc1ccc(C)c2[nH]c(=O)c(CN(Cc3ccccc3Cl)C(=O)Nc3ccccc3Cl)cc12. The summed E-state index contributed by atoms with van der Waals surface area (Å²) >= 11 is 12.6. The minimum absolute atomic E-state index is 0.0974. The number of benzene rings is 3. The molecule has 33 heavy (non-hydrogen) atoms. The molecule has 0 atom stereocenters. The maximum Gasteiger partial charge on any atom is 0.322 e. The highest BCUT2D eigenvalue weighted by Gasteiger charge is 2.19. The molecule has 168 valence electrons. The molecular weight excluding hydrogens is 457 g/mol. The lowest BCUT2D eigenvalue weighted by Crippen LogP contribution is -2.36. The molecule has 5 nitrogen and oxygen atoms in total. The molecule has 0 saturated heterocycles. The van der Waals surface area contributed by atoms with Crippen LogP contribution in [0.3, 0.4) is 0 Å². The predicted octanol–water partition coefficient (Wildman–Crippen LogP) is 6.69. The second-order valence-corrected chi connectivity index (χ2v) is 8.78. The van der Waals surface area contributed by atoms with Gasteiger partial charge in [0.15, 0.2) is 0 Å². The lowest BCUT2D eigenvalue weighted by molar-refractivity contribution is 0.206. The summed E-state index contributed by atoms with van der Waals surface area (Å²) in [5, 5.41) is 4.78. The first-order valence-electron chi connectivity index (χ1n) is 10.5. The number of pyridine rings is 1. The number of aryl methyl sites for hydroxylation is 2. The normalized spacial score (nSPS) is 10.9. The fraction of sp³-hybridized carbons (Fsp3) is 0.154. The van der Waals surface area contributed by atoms with Gasteiger partial charge in [-0.15, -0.1) is 0 Å². The molecule has 0 unspecified atom stereocenters. The van der Waals surface area contributed by atoms with E-state index in [0.717, 1.165) is 27.6 Å². The third kappa shape index (κ3) is 5.05. The average Bonchev–Trinajstić information content (AvgIpc) is 2.79. The number of rotatable bonds is 5. The second kappa shape index (κ2) is 9.69. The minimum atomic E-state index is -0.386. The third-order valence-electron chi connectivity index (χ3n) is 5.60. The van der Waals surface area contributed by atoms with E-state index in [-0.39, 0.29) is 24.7 Å². The topological polar surface area (TPSA) is 65.2 Å². The van der Waals surface area contributed by atoms with E-state index in [1.807, 2.05) is 50.2 Å². The van der Waals surface area contributed by atoms with Gasteiger partial charge in [0, 0.05) is 22.5 Å². The number of nitrogens with zero attached hydrogens (tertiary/aromatic N) is 1. The first kappa shape index (κ1) is 22.9. The Morgan fingerprint density at radius 3 is 2.24 bits per heavy atom. The molecule has 0 bridgehead atoms. The van der Waals surface area contributed by atoms with Crippen molar-refractivity contribution in [3.8, 4) is 0 Å². The first-order chi connectivity index (χ1) is 15.8. The summed E-state index contributed by atoms with van der Waals surface area (Å²) in [6.45, 7) is 4.27. The van der Waals surface area contributed by atoms with E-state index in [0.29, 0.717) is 21.3 Å². The van der Waals surface area contributed by atoms with Gasteiger partial charge in [0.2, 0.25) is 0 Å². The number of carbonyl (C=O) groups excluding carboxylic acids is 1. The molecule has 3 aromatic carbocycles. The summed E-state index contributed by atoms with van der Waals surface area (Å²) in [4.78, 5) is 30.7. The number of para-hydroxylation sites is 1. The largest absolute Gasteiger partial charge is 0.322 e. The molecule has 1 aromatic heterocycles. The number of carbonyl (C=O) groups is 1. The van der Waals surface area contributed by atoms with Gasteiger partial charge in [-0.2, -0.15) is 0 Å². The number of fused-ring (bicyclic) bond motifs is 1. The monoisotopic (exact) mass is 479 g/mol. The maximum atomic E-state index is 13.3. The van der Waals surface area contributed by atoms with Gasteiger partial charge < -0.3 is 15.2 Å². The number of H-pyrrole nitrogens is 1. The average molecular weight is 480 g/mol. The van der Waals surface area contributed by atoms with Crippen LogP contribution in [0.15, 0.2) is 71.5 Å². The van der Waals surface area contributed by atoms with E-state index >= 15 is 0 Å². The van der Waals surface area contributed by atoms with Crippen LogP contribution in [0.25, 0.3) is 10.9 Å². The van der Waals surface area contributed by atoms with Gasteiger partial charge in [0.25, 0.3) is 5.56 Å². The number of hydrogen-bond acceptors (Lipinski definition) is 2. The van der Waals surface area contributed by atoms with Crippen LogP contribution in [0, 0.1) is 13.8 Å². The summed E-state index contributed by atoms with van der Waals surface area (Å²) in [6.07, 6.45) is 0. The number of aromatic nitrogens is 1. The Hall–Kier alpha value is -3.28. The van der Waals surface area contributed by atoms with Crippen molar-refractivity contribution in [2.75, 3.05) is 5.32 Å². The number of anilines is 1. The van der Waals surface area contributed by atoms with Gasteiger partial charge in [-0.3, -0.25) is 4.79 Å². The molecular formula is C26H23Cl2N3O2. The van der Waals surface area contributed by atoms with Gasteiger partial charge in [-0.25, -0.2) is 4.79 Å². The molecule has 2 N–H and O–H groups in total. The van der Waals surface area contributed by atoms with Crippen molar-refractivity contribution in [1.82, 2.24) is 9.88 Å².